The molecule has 1 heterocycles. The van der Waals surface area contributed by atoms with Crippen LogP contribution in [-0.4, -0.2) is 68.5 Å². The number of amides is 1. The maximum absolute atomic E-state index is 13.3. The number of fused-ring (bicyclic) bond motifs is 1. The van der Waals surface area contributed by atoms with Crippen molar-refractivity contribution in [3.8, 4) is 0 Å². The molecule has 0 radical (unpaired) electrons. The van der Waals surface area contributed by atoms with E-state index in [9.17, 15) is 18.0 Å². The number of ketones is 1. The van der Waals surface area contributed by atoms with Crippen molar-refractivity contribution < 1.29 is 18.0 Å². The smallest absolute Gasteiger partial charge is 0.252 e. The first-order chi connectivity index (χ1) is 16.4. The number of allylic oxidation sites excluding steroid dienone is 3. The van der Waals surface area contributed by atoms with Gasteiger partial charge in [0.15, 0.2) is 5.78 Å². The van der Waals surface area contributed by atoms with Gasteiger partial charge in [-0.3, -0.25) is 14.3 Å². The fraction of sp³-hybridized carbons (Fsp3) is 0.480. The number of nitrogens with zero attached hydrogens (tertiary/aromatic N) is 3. The average molecular weight is 502 g/mol. The molecular formula is C25H35N5O4S. The lowest BCUT2D eigenvalue weighted by Crippen LogP contribution is -2.30. The van der Waals surface area contributed by atoms with E-state index in [4.69, 9.17) is 0 Å². The van der Waals surface area contributed by atoms with Gasteiger partial charge in [-0.1, -0.05) is 11.6 Å². The molecule has 0 atom stereocenters. The van der Waals surface area contributed by atoms with Gasteiger partial charge in [0.2, 0.25) is 10.0 Å². The van der Waals surface area contributed by atoms with Gasteiger partial charge in [0.1, 0.15) is 0 Å². The van der Waals surface area contributed by atoms with Crippen molar-refractivity contribution in [3.63, 3.8) is 0 Å². The van der Waals surface area contributed by atoms with Crippen LogP contribution in [0.4, 0.5) is 0 Å². The van der Waals surface area contributed by atoms with Crippen molar-refractivity contribution in [2.45, 2.75) is 51.5 Å². The van der Waals surface area contributed by atoms with Crippen LogP contribution in [0.2, 0.25) is 0 Å². The number of aromatic nitrogens is 2. The Morgan fingerprint density at radius 3 is 2.57 bits per heavy atom. The Bertz CT molecular complexity index is 1300. The standard InChI is InChI=1S/C25H35N5O4S/c1-16(2)30-23-13-19(35(33,34)28-8-7-9-29(5)6)12-20(22(23)15-27-30)25(32)26-14-21-18(4)10-17(3)11-24(21)31/h10,12-13,15-16,28H,7-9,11,14H2,1-6H3,(H,26,32). The number of hydrogen-bond acceptors (Lipinski definition) is 6. The maximum Gasteiger partial charge on any atom is 0.252 e. The first kappa shape index (κ1) is 26.8. The average Bonchev–Trinajstić information content (AvgIpc) is 3.19. The number of nitrogens with one attached hydrogen (secondary N) is 2. The second-order valence-electron chi connectivity index (χ2n) is 9.58. The molecule has 2 N–H and O–H groups in total. The molecule has 0 bridgehead atoms. The largest absolute Gasteiger partial charge is 0.348 e. The van der Waals surface area contributed by atoms with Crippen LogP contribution in [0.5, 0.6) is 0 Å². The predicted octanol–water partition coefficient (Wildman–Crippen LogP) is 2.81. The topological polar surface area (TPSA) is 113 Å². The summed E-state index contributed by atoms with van der Waals surface area (Å²) in [6.07, 6.45) is 4.51. The van der Waals surface area contributed by atoms with E-state index in [2.05, 4.69) is 15.1 Å². The van der Waals surface area contributed by atoms with Gasteiger partial charge in [-0.25, -0.2) is 13.1 Å². The summed E-state index contributed by atoms with van der Waals surface area (Å²) in [6, 6.07) is 2.90. The Kier molecular flexibility index (Phi) is 8.30. The molecule has 2 aromatic rings. The Morgan fingerprint density at radius 1 is 1.23 bits per heavy atom. The van der Waals surface area contributed by atoms with Crippen molar-refractivity contribution in [2.24, 2.45) is 0 Å². The summed E-state index contributed by atoms with van der Waals surface area (Å²) < 4.78 is 30.5. The third-order valence-corrected chi connectivity index (χ3v) is 7.39. The number of rotatable bonds is 10. The Hall–Kier alpha value is -2.82. The highest BCUT2D eigenvalue weighted by Gasteiger charge is 2.23. The lowest BCUT2D eigenvalue weighted by atomic mass is 9.92. The lowest BCUT2D eigenvalue weighted by molar-refractivity contribution is -0.115. The third-order valence-electron chi connectivity index (χ3n) is 5.95. The number of carbonyl (C=O) groups excluding carboxylic acids is 2. The van der Waals surface area contributed by atoms with Crippen LogP contribution in [0.15, 0.2) is 46.0 Å². The van der Waals surface area contributed by atoms with Crippen LogP contribution < -0.4 is 10.0 Å². The van der Waals surface area contributed by atoms with E-state index in [0.717, 1.165) is 17.7 Å². The molecule has 0 aliphatic heterocycles. The highest BCUT2D eigenvalue weighted by atomic mass is 32.2. The molecule has 9 nitrogen and oxygen atoms in total. The predicted molar refractivity (Wildman–Crippen MR) is 137 cm³/mol. The van der Waals surface area contributed by atoms with Gasteiger partial charge in [0.25, 0.3) is 5.91 Å². The normalized spacial score (nSPS) is 14.9. The van der Waals surface area contributed by atoms with E-state index in [1.165, 1.54) is 6.07 Å². The Balaban J connectivity index is 1.94. The zero-order valence-electron chi connectivity index (χ0n) is 21.3. The SMILES string of the molecule is CC1=CC(C)=C(CNC(=O)c2cc(S(=O)(=O)NCCCN(C)C)cc3c2cnn3C(C)C)C(=O)C1. The van der Waals surface area contributed by atoms with Crippen LogP contribution >= 0.6 is 0 Å². The van der Waals surface area contributed by atoms with Crippen molar-refractivity contribution in [3.05, 3.63) is 46.7 Å². The van der Waals surface area contributed by atoms with Gasteiger partial charge in [0.05, 0.1) is 22.2 Å². The summed E-state index contributed by atoms with van der Waals surface area (Å²) in [4.78, 5) is 27.7. The van der Waals surface area contributed by atoms with Crippen molar-refractivity contribution in [1.29, 1.82) is 0 Å². The molecule has 0 saturated carbocycles. The van der Waals surface area contributed by atoms with Crippen LogP contribution in [0.1, 0.15) is 56.9 Å². The van der Waals surface area contributed by atoms with Gasteiger partial charge in [-0.15, -0.1) is 0 Å². The summed E-state index contributed by atoms with van der Waals surface area (Å²) in [7, 11) is 0.00771. The van der Waals surface area contributed by atoms with Crippen molar-refractivity contribution in [1.82, 2.24) is 24.7 Å². The molecular weight excluding hydrogens is 466 g/mol. The summed E-state index contributed by atoms with van der Waals surface area (Å²) in [5.74, 6) is -0.471. The zero-order valence-corrected chi connectivity index (χ0v) is 22.1. The van der Waals surface area contributed by atoms with Gasteiger partial charge >= 0.3 is 0 Å². The van der Waals surface area contributed by atoms with Crippen molar-refractivity contribution >= 4 is 32.6 Å². The Morgan fingerprint density at radius 2 is 1.94 bits per heavy atom. The van der Waals surface area contributed by atoms with Crippen LogP contribution in [-0.2, 0) is 14.8 Å². The number of benzene rings is 1. The second kappa shape index (κ2) is 10.8. The van der Waals surface area contributed by atoms with Gasteiger partial charge in [-0.05, 0) is 72.5 Å². The van der Waals surface area contributed by atoms with E-state index in [1.807, 2.05) is 52.8 Å². The minimum absolute atomic E-state index is 0.00472. The first-order valence-corrected chi connectivity index (χ1v) is 13.2. The van der Waals surface area contributed by atoms with Crippen LogP contribution in [0, 0.1) is 0 Å². The molecule has 190 valence electrons. The molecule has 0 unspecified atom stereocenters. The van der Waals surface area contributed by atoms with E-state index >= 15 is 0 Å². The number of sulfonamides is 1. The number of Topliss-reactive ketones (excluding diaryl/α,β-unsaturated/α-hetero) is 1. The Labute approximate surface area is 207 Å². The molecule has 0 saturated heterocycles. The highest BCUT2D eigenvalue weighted by molar-refractivity contribution is 7.89. The molecule has 1 aromatic heterocycles. The molecule has 1 amide bonds. The lowest BCUT2D eigenvalue weighted by Gasteiger charge is -2.17. The zero-order chi connectivity index (χ0) is 25.9. The quantitative estimate of drug-likeness (QED) is 0.484. The van der Waals surface area contributed by atoms with Crippen molar-refractivity contribution in [2.75, 3.05) is 33.7 Å². The second-order valence-corrected chi connectivity index (χ2v) is 11.3. The molecule has 1 aliphatic rings. The molecule has 35 heavy (non-hydrogen) atoms. The third kappa shape index (κ3) is 6.25. The van der Waals surface area contributed by atoms with Gasteiger partial charge < -0.3 is 10.2 Å². The highest BCUT2D eigenvalue weighted by Crippen LogP contribution is 2.26. The fourth-order valence-corrected chi connectivity index (χ4v) is 5.27. The minimum atomic E-state index is -3.85. The van der Waals surface area contributed by atoms with E-state index in [1.54, 1.807) is 16.9 Å². The van der Waals surface area contributed by atoms with Gasteiger partial charge in [-0.2, -0.15) is 5.10 Å². The maximum atomic E-state index is 13.3. The fourth-order valence-electron chi connectivity index (χ4n) is 4.15. The molecule has 3 rings (SSSR count). The number of hydrogen-bond donors (Lipinski definition) is 2. The molecule has 1 aromatic carbocycles. The minimum Gasteiger partial charge on any atom is -0.348 e. The summed E-state index contributed by atoms with van der Waals surface area (Å²) in [6.45, 7) is 8.73. The van der Waals surface area contributed by atoms with Crippen LogP contribution in [0.25, 0.3) is 10.9 Å². The number of carbonyl (C=O) groups is 2. The van der Waals surface area contributed by atoms with E-state index in [0.29, 0.717) is 29.3 Å². The van der Waals surface area contributed by atoms with Gasteiger partial charge in [0, 0.05) is 36.5 Å². The molecule has 1 aliphatic carbocycles. The summed E-state index contributed by atoms with van der Waals surface area (Å²) >= 11 is 0. The molecule has 0 fully saturated rings. The monoisotopic (exact) mass is 501 g/mol. The summed E-state index contributed by atoms with van der Waals surface area (Å²) in [5.41, 5.74) is 3.14. The van der Waals surface area contributed by atoms with Crippen LogP contribution in [0.3, 0.4) is 0 Å². The van der Waals surface area contributed by atoms with E-state index < -0.39 is 15.9 Å². The van der Waals surface area contributed by atoms with E-state index in [-0.39, 0.29) is 35.4 Å². The molecule has 10 heteroatoms. The summed E-state index contributed by atoms with van der Waals surface area (Å²) in [5, 5.41) is 7.75. The first-order valence-electron chi connectivity index (χ1n) is 11.7. The molecule has 0 spiro atoms.